The molecule has 194 valence electrons. The average molecular weight is 599 g/mol. The van der Waals surface area contributed by atoms with E-state index in [0.29, 0.717) is 33.1 Å². The summed E-state index contributed by atoms with van der Waals surface area (Å²) in [6, 6.07) is 29.3. The van der Waals surface area contributed by atoms with Crippen LogP contribution in [-0.4, -0.2) is 10.5 Å². The van der Waals surface area contributed by atoms with Crippen LogP contribution in [0.3, 0.4) is 0 Å². The lowest BCUT2D eigenvalue weighted by Gasteiger charge is -2.18. The van der Waals surface area contributed by atoms with Gasteiger partial charge in [-0.25, -0.2) is 4.99 Å². The van der Waals surface area contributed by atoms with Gasteiger partial charge in [-0.15, -0.1) is 23.5 Å². The zero-order valence-electron chi connectivity index (χ0n) is 21.0. The monoisotopic (exact) mass is 597 g/mol. The van der Waals surface area contributed by atoms with Gasteiger partial charge in [0.15, 0.2) is 5.90 Å². The summed E-state index contributed by atoms with van der Waals surface area (Å²) < 4.78 is 6.44. The van der Waals surface area contributed by atoms with Crippen LogP contribution in [0.15, 0.2) is 112 Å². The lowest BCUT2D eigenvalue weighted by Crippen LogP contribution is -2.14. The third-order valence-electron chi connectivity index (χ3n) is 5.48. The smallest absolute Gasteiger partial charge is 0.197 e. The van der Waals surface area contributed by atoms with Crippen molar-refractivity contribution in [1.82, 2.24) is 0 Å². The van der Waals surface area contributed by atoms with Crippen LogP contribution in [0.4, 0.5) is 5.69 Å². The number of rotatable bonds is 9. The molecule has 0 saturated heterocycles. The predicted molar refractivity (Wildman–Crippen MR) is 168 cm³/mol. The van der Waals surface area contributed by atoms with Crippen molar-refractivity contribution < 1.29 is 4.74 Å². The van der Waals surface area contributed by atoms with E-state index in [4.69, 9.17) is 44.5 Å². The first-order valence-corrected chi connectivity index (χ1v) is 14.8. The van der Waals surface area contributed by atoms with E-state index in [9.17, 15) is 0 Å². The normalized spacial score (nSPS) is 11.6. The summed E-state index contributed by atoms with van der Waals surface area (Å²) in [6.07, 6.45) is 0.560. The van der Waals surface area contributed by atoms with E-state index in [0.717, 1.165) is 32.2 Å². The lowest BCUT2D eigenvalue weighted by atomic mass is 10.1. The number of hydrogen-bond donors (Lipinski definition) is 0. The molecule has 38 heavy (non-hydrogen) atoms. The molecule has 4 aromatic carbocycles. The Balaban J connectivity index is 1.66. The summed E-state index contributed by atoms with van der Waals surface area (Å²) in [5.41, 5.74) is 3.81. The number of allylic oxidation sites excluding steroid dienone is 1. The minimum absolute atomic E-state index is 0.0548. The quantitative estimate of drug-likeness (QED) is 0.0827. The van der Waals surface area contributed by atoms with Crippen LogP contribution in [0, 0.1) is 6.92 Å². The fourth-order valence-corrected chi connectivity index (χ4v) is 6.35. The second-order valence-electron chi connectivity index (χ2n) is 8.62. The molecule has 2 nitrogen and oxygen atoms in total. The number of aryl methyl sites for hydroxylation is 1. The molecule has 0 spiro atoms. The van der Waals surface area contributed by atoms with E-state index in [1.54, 1.807) is 23.5 Å². The standard InChI is InChI=1S/C31H26Cl3NOS2/c1-20(2)22-4-11-26(12-5-22)36-30(35-25-10-17-29(34)21(3)18-25)19-31(37-27-13-6-23(32)7-14-27)38-28-15-8-24(33)9-16-28/h4-18,31H,1,19H2,2-3H3. The SMILES string of the molecule is C=C(C)c1ccc(OC(CC(Sc2ccc(Cl)cc2)Sc2ccc(Cl)cc2)=Nc2ccc(Cl)c(C)c2)cc1. The number of nitrogens with zero attached hydrogens (tertiary/aromatic N) is 1. The maximum Gasteiger partial charge on any atom is 0.197 e. The largest absolute Gasteiger partial charge is 0.443 e. The highest BCUT2D eigenvalue weighted by Gasteiger charge is 2.18. The summed E-state index contributed by atoms with van der Waals surface area (Å²) >= 11 is 22.0. The molecule has 7 heteroatoms. The zero-order chi connectivity index (χ0) is 27.1. The van der Waals surface area contributed by atoms with Crippen molar-refractivity contribution in [3.8, 4) is 5.75 Å². The average Bonchev–Trinajstić information content (AvgIpc) is 2.89. The summed E-state index contributed by atoms with van der Waals surface area (Å²) in [6.45, 7) is 7.97. The molecule has 0 bridgehead atoms. The molecule has 0 atom stereocenters. The molecule has 4 aromatic rings. The second-order valence-corrected chi connectivity index (χ2v) is 12.8. The van der Waals surface area contributed by atoms with Gasteiger partial charge in [0.1, 0.15) is 5.75 Å². The minimum Gasteiger partial charge on any atom is -0.443 e. The molecule has 0 aliphatic rings. The van der Waals surface area contributed by atoms with Crippen molar-refractivity contribution in [2.45, 2.75) is 34.6 Å². The topological polar surface area (TPSA) is 21.6 Å². The van der Waals surface area contributed by atoms with E-state index in [1.165, 1.54) is 0 Å². The van der Waals surface area contributed by atoms with Crippen LogP contribution in [0.5, 0.6) is 5.75 Å². The minimum atomic E-state index is 0.0548. The van der Waals surface area contributed by atoms with E-state index < -0.39 is 0 Å². The van der Waals surface area contributed by atoms with Crippen molar-refractivity contribution in [3.05, 3.63) is 124 Å². The Morgan fingerprint density at radius 2 is 1.37 bits per heavy atom. The maximum absolute atomic E-state index is 6.39. The molecular formula is C31H26Cl3NOS2. The Hall–Kier alpha value is -2.34. The Kier molecular flexibility index (Phi) is 10.3. The fourth-order valence-electron chi connectivity index (χ4n) is 3.48. The fraction of sp³-hybridized carbons (Fsp3) is 0.129. The van der Waals surface area contributed by atoms with Gasteiger partial charge in [0, 0.05) is 31.3 Å². The van der Waals surface area contributed by atoms with Crippen molar-refractivity contribution >= 4 is 75.5 Å². The van der Waals surface area contributed by atoms with Gasteiger partial charge in [0.2, 0.25) is 0 Å². The van der Waals surface area contributed by atoms with Crippen molar-refractivity contribution in [3.63, 3.8) is 0 Å². The van der Waals surface area contributed by atoms with Gasteiger partial charge in [0.25, 0.3) is 0 Å². The molecule has 0 aliphatic carbocycles. The highest BCUT2D eigenvalue weighted by Crippen LogP contribution is 2.39. The highest BCUT2D eigenvalue weighted by atomic mass is 35.5. The van der Waals surface area contributed by atoms with Crippen LogP contribution in [0.25, 0.3) is 5.57 Å². The molecule has 0 fully saturated rings. The van der Waals surface area contributed by atoms with Crippen molar-refractivity contribution in [1.29, 1.82) is 0 Å². The third-order valence-corrected chi connectivity index (χ3v) is 8.93. The Morgan fingerprint density at radius 3 is 1.87 bits per heavy atom. The van der Waals surface area contributed by atoms with Crippen LogP contribution in [-0.2, 0) is 0 Å². The van der Waals surface area contributed by atoms with Gasteiger partial charge in [-0.3, -0.25) is 0 Å². The second kappa shape index (κ2) is 13.6. The molecule has 0 heterocycles. The van der Waals surface area contributed by atoms with Crippen molar-refractivity contribution in [2.75, 3.05) is 0 Å². The predicted octanol–water partition coefficient (Wildman–Crippen LogP) is 11.4. The van der Waals surface area contributed by atoms with Crippen LogP contribution < -0.4 is 4.74 Å². The first-order chi connectivity index (χ1) is 18.2. The van der Waals surface area contributed by atoms with E-state index >= 15 is 0 Å². The van der Waals surface area contributed by atoms with E-state index in [1.807, 2.05) is 105 Å². The number of aliphatic imine (C=N–C) groups is 1. The molecule has 0 radical (unpaired) electrons. The number of halogens is 3. The Bertz CT molecular complexity index is 1370. The van der Waals surface area contributed by atoms with E-state index in [-0.39, 0.29) is 4.58 Å². The molecule has 0 N–H and O–H groups in total. The molecule has 4 rings (SSSR count). The number of hydrogen-bond acceptors (Lipinski definition) is 4. The first kappa shape index (κ1) is 28.7. The van der Waals surface area contributed by atoms with Gasteiger partial charge >= 0.3 is 0 Å². The molecular weight excluding hydrogens is 573 g/mol. The van der Waals surface area contributed by atoms with Gasteiger partial charge in [-0.1, -0.05) is 59.1 Å². The molecule has 0 amide bonds. The van der Waals surface area contributed by atoms with Crippen LogP contribution in [0.1, 0.15) is 24.5 Å². The van der Waals surface area contributed by atoms with Gasteiger partial charge in [-0.05, 0) is 104 Å². The van der Waals surface area contributed by atoms with Crippen LogP contribution in [0.2, 0.25) is 15.1 Å². The summed E-state index contributed by atoms with van der Waals surface area (Å²) in [4.78, 5) is 7.12. The number of benzene rings is 4. The lowest BCUT2D eigenvalue weighted by molar-refractivity contribution is 0.535. The molecule has 0 aromatic heterocycles. The van der Waals surface area contributed by atoms with Gasteiger partial charge in [-0.2, -0.15) is 0 Å². The first-order valence-electron chi connectivity index (χ1n) is 11.9. The molecule has 0 aliphatic heterocycles. The molecule has 0 unspecified atom stereocenters. The maximum atomic E-state index is 6.39. The summed E-state index contributed by atoms with van der Waals surface area (Å²) in [5, 5.41) is 2.12. The van der Waals surface area contributed by atoms with Gasteiger partial charge in [0.05, 0.1) is 10.3 Å². The third kappa shape index (κ3) is 8.59. The number of thioether (sulfide) groups is 2. The zero-order valence-corrected chi connectivity index (χ0v) is 24.9. The van der Waals surface area contributed by atoms with Crippen molar-refractivity contribution in [2.24, 2.45) is 4.99 Å². The summed E-state index contributed by atoms with van der Waals surface area (Å²) in [7, 11) is 0. The van der Waals surface area contributed by atoms with Gasteiger partial charge < -0.3 is 4.74 Å². The van der Waals surface area contributed by atoms with E-state index in [2.05, 4.69) is 6.58 Å². The Morgan fingerprint density at radius 1 is 0.816 bits per heavy atom. The highest BCUT2D eigenvalue weighted by molar-refractivity contribution is 8.17. The molecule has 0 saturated carbocycles. The van der Waals surface area contributed by atoms with Crippen LogP contribution >= 0.6 is 58.3 Å². The summed E-state index contributed by atoms with van der Waals surface area (Å²) in [5.74, 6) is 1.31. The Labute approximate surface area is 248 Å². The number of ether oxygens (including phenoxy) is 1.